The second-order valence-corrected chi connectivity index (χ2v) is 5.82. The Kier molecular flexibility index (Phi) is 6.15. The summed E-state index contributed by atoms with van der Waals surface area (Å²) in [6, 6.07) is 8.83. The Morgan fingerprint density at radius 2 is 2.00 bits per heavy atom. The molecule has 0 unspecified atom stereocenters. The SMILES string of the molecule is CCCN1CCC(NCCc2ccccc2Cl)CC1. The quantitative estimate of drug-likeness (QED) is 0.860. The molecule has 0 saturated carbocycles. The number of nitrogens with one attached hydrogen (secondary N) is 1. The van der Waals surface area contributed by atoms with E-state index in [1.54, 1.807) is 0 Å². The zero-order chi connectivity index (χ0) is 13.5. The van der Waals surface area contributed by atoms with Gasteiger partial charge in [-0.3, -0.25) is 0 Å². The third-order valence-corrected chi connectivity index (χ3v) is 4.28. The Balaban J connectivity index is 1.66. The number of nitrogens with zero attached hydrogens (tertiary/aromatic N) is 1. The largest absolute Gasteiger partial charge is 0.314 e. The van der Waals surface area contributed by atoms with Crippen LogP contribution >= 0.6 is 11.6 Å². The van der Waals surface area contributed by atoms with Crippen LogP contribution in [0, 0.1) is 0 Å². The first-order valence-corrected chi connectivity index (χ1v) is 7.86. The molecule has 0 amide bonds. The number of halogens is 1. The molecule has 1 saturated heterocycles. The van der Waals surface area contributed by atoms with Crippen LogP contribution in [0.1, 0.15) is 31.7 Å². The van der Waals surface area contributed by atoms with Crippen LogP contribution in [0.2, 0.25) is 5.02 Å². The van der Waals surface area contributed by atoms with Crippen molar-refractivity contribution in [1.82, 2.24) is 10.2 Å². The summed E-state index contributed by atoms with van der Waals surface area (Å²) in [6.45, 7) is 7.04. The van der Waals surface area contributed by atoms with Crippen molar-refractivity contribution in [3.63, 3.8) is 0 Å². The summed E-state index contributed by atoms with van der Waals surface area (Å²) in [5.74, 6) is 0. The molecule has 106 valence electrons. The van der Waals surface area contributed by atoms with Gasteiger partial charge in [-0.25, -0.2) is 0 Å². The van der Waals surface area contributed by atoms with Crippen molar-refractivity contribution in [2.45, 2.75) is 38.6 Å². The van der Waals surface area contributed by atoms with Gasteiger partial charge in [0, 0.05) is 11.1 Å². The molecule has 0 aromatic heterocycles. The molecule has 1 aliphatic rings. The number of hydrogen-bond donors (Lipinski definition) is 1. The Morgan fingerprint density at radius 1 is 1.26 bits per heavy atom. The molecule has 0 spiro atoms. The van der Waals surface area contributed by atoms with E-state index in [0.29, 0.717) is 6.04 Å². The molecule has 0 bridgehead atoms. The monoisotopic (exact) mass is 280 g/mol. The number of likely N-dealkylation sites (tertiary alicyclic amines) is 1. The molecule has 1 fully saturated rings. The molecule has 0 aliphatic carbocycles. The normalized spacial score (nSPS) is 17.8. The zero-order valence-electron chi connectivity index (χ0n) is 11.9. The highest BCUT2D eigenvalue weighted by molar-refractivity contribution is 6.31. The molecule has 2 rings (SSSR count). The molecule has 0 atom stereocenters. The van der Waals surface area contributed by atoms with Crippen molar-refractivity contribution in [2.75, 3.05) is 26.2 Å². The summed E-state index contributed by atoms with van der Waals surface area (Å²) in [5, 5.41) is 4.57. The van der Waals surface area contributed by atoms with Gasteiger partial charge in [-0.1, -0.05) is 36.7 Å². The van der Waals surface area contributed by atoms with Crippen LogP contribution in [0.4, 0.5) is 0 Å². The van der Waals surface area contributed by atoms with Crippen LogP contribution in [0.15, 0.2) is 24.3 Å². The number of hydrogen-bond acceptors (Lipinski definition) is 2. The van der Waals surface area contributed by atoms with Crippen molar-refractivity contribution in [2.24, 2.45) is 0 Å². The molecular weight excluding hydrogens is 256 g/mol. The standard InChI is InChI=1S/C16H25ClN2/c1-2-11-19-12-8-15(9-13-19)18-10-7-14-5-3-4-6-16(14)17/h3-6,15,18H,2,7-13H2,1H3. The Labute approximate surface area is 122 Å². The van der Waals surface area contributed by atoms with E-state index in [0.717, 1.165) is 18.0 Å². The van der Waals surface area contributed by atoms with E-state index in [9.17, 15) is 0 Å². The lowest BCUT2D eigenvalue weighted by Crippen LogP contribution is -2.43. The second-order valence-electron chi connectivity index (χ2n) is 5.41. The molecule has 1 N–H and O–H groups in total. The van der Waals surface area contributed by atoms with Crippen LogP contribution in [-0.2, 0) is 6.42 Å². The highest BCUT2D eigenvalue weighted by Crippen LogP contribution is 2.15. The summed E-state index contributed by atoms with van der Waals surface area (Å²) < 4.78 is 0. The van der Waals surface area contributed by atoms with E-state index >= 15 is 0 Å². The summed E-state index contributed by atoms with van der Waals surface area (Å²) in [7, 11) is 0. The van der Waals surface area contributed by atoms with Crippen molar-refractivity contribution in [3.05, 3.63) is 34.9 Å². The van der Waals surface area contributed by atoms with Crippen molar-refractivity contribution in [1.29, 1.82) is 0 Å². The average molecular weight is 281 g/mol. The maximum Gasteiger partial charge on any atom is 0.0438 e. The minimum absolute atomic E-state index is 0.690. The fourth-order valence-corrected chi connectivity index (χ4v) is 3.02. The van der Waals surface area contributed by atoms with Crippen molar-refractivity contribution >= 4 is 11.6 Å². The lowest BCUT2D eigenvalue weighted by molar-refractivity contribution is 0.198. The zero-order valence-corrected chi connectivity index (χ0v) is 12.6. The summed E-state index contributed by atoms with van der Waals surface area (Å²) in [4.78, 5) is 2.58. The average Bonchev–Trinajstić information content (AvgIpc) is 2.43. The van der Waals surface area contributed by atoms with E-state index in [-0.39, 0.29) is 0 Å². The molecule has 1 aromatic carbocycles. The van der Waals surface area contributed by atoms with E-state index in [2.05, 4.69) is 29.3 Å². The molecule has 1 aromatic rings. The molecule has 1 aliphatic heterocycles. The second kappa shape index (κ2) is 7.88. The Morgan fingerprint density at radius 3 is 2.68 bits per heavy atom. The first kappa shape index (κ1) is 14.8. The van der Waals surface area contributed by atoms with E-state index in [4.69, 9.17) is 11.6 Å². The summed E-state index contributed by atoms with van der Waals surface area (Å²) in [5.41, 5.74) is 1.25. The van der Waals surface area contributed by atoms with E-state index in [1.807, 2.05) is 12.1 Å². The van der Waals surface area contributed by atoms with E-state index < -0.39 is 0 Å². The van der Waals surface area contributed by atoms with Gasteiger partial charge in [0.25, 0.3) is 0 Å². The minimum atomic E-state index is 0.690. The number of piperidine rings is 1. The number of rotatable bonds is 6. The van der Waals surface area contributed by atoms with Crippen LogP contribution in [0.5, 0.6) is 0 Å². The topological polar surface area (TPSA) is 15.3 Å². The van der Waals surface area contributed by atoms with Gasteiger partial charge in [0.2, 0.25) is 0 Å². The molecule has 1 heterocycles. The van der Waals surface area contributed by atoms with Crippen molar-refractivity contribution < 1.29 is 0 Å². The van der Waals surface area contributed by atoms with Crippen LogP contribution in [0.25, 0.3) is 0 Å². The Bertz CT molecular complexity index is 373. The first-order chi connectivity index (χ1) is 9.29. The highest BCUT2D eigenvalue weighted by Gasteiger charge is 2.17. The van der Waals surface area contributed by atoms with Gasteiger partial charge in [-0.05, 0) is 63.5 Å². The van der Waals surface area contributed by atoms with E-state index in [1.165, 1.54) is 44.5 Å². The summed E-state index contributed by atoms with van der Waals surface area (Å²) in [6.07, 6.45) is 4.85. The third kappa shape index (κ3) is 4.79. The lowest BCUT2D eigenvalue weighted by atomic mass is 10.0. The fourth-order valence-electron chi connectivity index (χ4n) is 2.79. The van der Waals surface area contributed by atoms with Gasteiger partial charge in [0.1, 0.15) is 0 Å². The molecule has 3 heteroatoms. The molecule has 19 heavy (non-hydrogen) atoms. The molecule has 0 radical (unpaired) electrons. The van der Waals surface area contributed by atoms with Gasteiger partial charge >= 0.3 is 0 Å². The first-order valence-electron chi connectivity index (χ1n) is 7.48. The van der Waals surface area contributed by atoms with Crippen LogP contribution in [-0.4, -0.2) is 37.1 Å². The van der Waals surface area contributed by atoms with Gasteiger partial charge in [-0.2, -0.15) is 0 Å². The third-order valence-electron chi connectivity index (χ3n) is 3.91. The van der Waals surface area contributed by atoms with Gasteiger partial charge in [0.15, 0.2) is 0 Å². The van der Waals surface area contributed by atoms with Gasteiger partial charge in [0.05, 0.1) is 0 Å². The van der Waals surface area contributed by atoms with Gasteiger partial charge < -0.3 is 10.2 Å². The lowest BCUT2D eigenvalue weighted by Gasteiger charge is -2.32. The minimum Gasteiger partial charge on any atom is -0.314 e. The number of benzene rings is 1. The maximum atomic E-state index is 6.17. The van der Waals surface area contributed by atoms with Crippen LogP contribution in [0.3, 0.4) is 0 Å². The van der Waals surface area contributed by atoms with Crippen molar-refractivity contribution in [3.8, 4) is 0 Å². The predicted molar refractivity (Wildman–Crippen MR) is 82.9 cm³/mol. The summed E-state index contributed by atoms with van der Waals surface area (Å²) >= 11 is 6.17. The molecule has 2 nitrogen and oxygen atoms in total. The highest BCUT2D eigenvalue weighted by atomic mass is 35.5. The van der Waals surface area contributed by atoms with Gasteiger partial charge in [-0.15, -0.1) is 0 Å². The van der Waals surface area contributed by atoms with Crippen LogP contribution < -0.4 is 5.32 Å². The fraction of sp³-hybridized carbons (Fsp3) is 0.625. The maximum absolute atomic E-state index is 6.17. The Hall–Kier alpha value is -0.570. The molecular formula is C16H25ClN2. The smallest absolute Gasteiger partial charge is 0.0438 e. The predicted octanol–water partition coefficient (Wildman–Crippen LogP) is 3.35.